The summed E-state index contributed by atoms with van der Waals surface area (Å²) in [7, 11) is 0. The summed E-state index contributed by atoms with van der Waals surface area (Å²) < 4.78 is 5.35. The molecule has 0 spiro atoms. The second kappa shape index (κ2) is 8.83. The molecule has 4 rings (SSSR count). The molecule has 29 heavy (non-hydrogen) atoms. The van der Waals surface area contributed by atoms with Crippen molar-refractivity contribution in [2.45, 2.75) is 0 Å². The van der Waals surface area contributed by atoms with Crippen molar-refractivity contribution in [3.8, 4) is 5.69 Å². The number of halogens is 4. The summed E-state index contributed by atoms with van der Waals surface area (Å²) in [6, 6.07) is 19.4. The maximum atomic E-state index is 13.5. The molecule has 0 amide bonds. The van der Waals surface area contributed by atoms with Crippen molar-refractivity contribution in [2.24, 2.45) is 0 Å². The van der Waals surface area contributed by atoms with Crippen LogP contribution in [0.5, 0.6) is 0 Å². The zero-order valence-corrected chi connectivity index (χ0v) is 21.7. The normalized spacial score (nSPS) is 11.4. The van der Waals surface area contributed by atoms with Gasteiger partial charge in [0.1, 0.15) is 5.82 Å². The molecule has 3 aromatic carbocycles. The Morgan fingerprint density at radius 3 is 2.34 bits per heavy atom. The van der Waals surface area contributed by atoms with Gasteiger partial charge >= 0.3 is 0 Å². The van der Waals surface area contributed by atoms with Gasteiger partial charge in [0.25, 0.3) is 5.56 Å². The van der Waals surface area contributed by atoms with Gasteiger partial charge in [-0.25, -0.2) is 4.98 Å². The smallest absolute Gasteiger partial charge is 0.266 e. The number of benzene rings is 3. The quantitative estimate of drug-likeness (QED) is 0.210. The van der Waals surface area contributed by atoms with E-state index in [0.29, 0.717) is 16.7 Å². The third-order valence-electron chi connectivity index (χ3n) is 4.30. The lowest BCUT2D eigenvalue weighted by atomic mass is 10.2. The van der Waals surface area contributed by atoms with E-state index in [-0.39, 0.29) is 5.56 Å². The third-order valence-corrected chi connectivity index (χ3v) is 6.66. The Morgan fingerprint density at radius 2 is 1.59 bits per heavy atom. The van der Waals surface area contributed by atoms with E-state index in [0.717, 1.165) is 28.2 Å². The Kier molecular flexibility index (Phi) is 6.38. The Balaban J connectivity index is 1.99. The van der Waals surface area contributed by atoms with Gasteiger partial charge in [0, 0.05) is 17.0 Å². The largest absolute Gasteiger partial charge is 0.268 e. The Morgan fingerprint density at radius 1 is 0.862 bits per heavy atom. The first-order valence-electron chi connectivity index (χ1n) is 8.54. The average molecular weight is 687 g/mol. The minimum atomic E-state index is -0.109. The summed E-state index contributed by atoms with van der Waals surface area (Å²) in [5.74, 6) is 0.561. The fourth-order valence-electron chi connectivity index (χ4n) is 2.92. The molecule has 0 unspecified atom stereocenters. The van der Waals surface area contributed by atoms with E-state index < -0.39 is 0 Å². The zero-order valence-electron chi connectivity index (χ0n) is 14.7. The van der Waals surface area contributed by atoms with Crippen molar-refractivity contribution in [3.63, 3.8) is 0 Å². The molecule has 0 N–H and O–H groups in total. The molecule has 0 aliphatic heterocycles. The van der Waals surface area contributed by atoms with E-state index in [9.17, 15) is 4.79 Å². The molecule has 0 fully saturated rings. The summed E-state index contributed by atoms with van der Waals surface area (Å²) in [5.41, 5.74) is 2.31. The highest BCUT2D eigenvalue weighted by Gasteiger charge is 2.14. The fourth-order valence-corrected chi connectivity index (χ4v) is 4.45. The molecular weight excluding hydrogens is 675 g/mol. The van der Waals surface area contributed by atoms with Crippen LogP contribution >= 0.6 is 70.4 Å². The highest BCUT2D eigenvalue weighted by Crippen LogP contribution is 2.26. The molecule has 144 valence electrons. The molecule has 3 nitrogen and oxygen atoms in total. The number of aromatic nitrogens is 2. The number of nitrogens with zero attached hydrogens (tertiary/aromatic N) is 2. The molecule has 0 saturated carbocycles. The predicted octanol–water partition coefficient (Wildman–Crippen LogP) is 7.45. The molecule has 4 aromatic rings. The molecule has 1 aromatic heterocycles. The molecule has 0 saturated heterocycles. The highest BCUT2D eigenvalue weighted by molar-refractivity contribution is 14.1. The SMILES string of the molecule is O=c1c2cc(I)ccc2nc(/C=C/c2ccc(Br)cc2)n1-c1cc(Br)ccc1Br. The van der Waals surface area contributed by atoms with E-state index in [1.165, 1.54) is 0 Å². The van der Waals surface area contributed by atoms with Gasteiger partial charge in [-0.2, -0.15) is 0 Å². The molecule has 1 heterocycles. The monoisotopic (exact) mass is 684 g/mol. The van der Waals surface area contributed by atoms with Gasteiger partial charge in [0.15, 0.2) is 0 Å². The maximum Gasteiger partial charge on any atom is 0.266 e. The number of hydrogen-bond donors (Lipinski definition) is 0. The van der Waals surface area contributed by atoms with E-state index in [2.05, 4.69) is 70.4 Å². The lowest BCUT2D eigenvalue weighted by Gasteiger charge is -2.13. The molecule has 0 aliphatic rings. The summed E-state index contributed by atoms with van der Waals surface area (Å²) >= 11 is 12.7. The van der Waals surface area contributed by atoms with Crippen LogP contribution in [0.1, 0.15) is 11.4 Å². The molecule has 0 radical (unpaired) electrons. The Labute approximate surface area is 206 Å². The van der Waals surface area contributed by atoms with Gasteiger partial charge in [-0.15, -0.1) is 0 Å². The van der Waals surface area contributed by atoms with Crippen LogP contribution in [0, 0.1) is 3.57 Å². The maximum absolute atomic E-state index is 13.5. The molecule has 0 atom stereocenters. The third kappa shape index (κ3) is 4.57. The van der Waals surface area contributed by atoms with E-state index in [4.69, 9.17) is 4.98 Å². The van der Waals surface area contributed by atoms with Crippen molar-refractivity contribution in [1.82, 2.24) is 9.55 Å². The Hall–Kier alpha value is -1.29. The van der Waals surface area contributed by atoms with E-state index >= 15 is 0 Å². The molecular formula is C22H12Br3IN2O. The second-order valence-electron chi connectivity index (χ2n) is 6.25. The van der Waals surface area contributed by atoms with Crippen LogP contribution in [-0.2, 0) is 0 Å². The number of fused-ring (bicyclic) bond motifs is 1. The first-order chi connectivity index (χ1) is 13.9. The predicted molar refractivity (Wildman–Crippen MR) is 139 cm³/mol. The van der Waals surface area contributed by atoms with Crippen LogP contribution in [0.15, 0.2) is 78.9 Å². The minimum Gasteiger partial charge on any atom is -0.268 e. The highest BCUT2D eigenvalue weighted by atomic mass is 127. The summed E-state index contributed by atoms with van der Waals surface area (Å²) in [5, 5.41) is 0.588. The van der Waals surface area contributed by atoms with Crippen molar-refractivity contribution in [1.29, 1.82) is 0 Å². The van der Waals surface area contributed by atoms with E-state index in [1.54, 1.807) is 4.57 Å². The Bertz CT molecular complexity index is 1310. The van der Waals surface area contributed by atoms with Crippen LogP contribution in [0.25, 0.3) is 28.7 Å². The summed E-state index contributed by atoms with van der Waals surface area (Å²) in [6.07, 6.45) is 3.82. The van der Waals surface area contributed by atoms with Gasteiger partial charge < -0.3 is 0 Å². The fraction of sp³-hybridized carbons (Fsp3) is 0. The molecule has 0 bridgehead atoms. The standard InChI is InChI=1S/C22H12Br3IN2O/c23-14-4-1-13(2-5-14)3-10-21-27-19-9-7-16(26)12-17(19)22(29)28(21)20-11-15(24)6-8-18(20)25/h1-12H/b10-3+. The van der Waals surface area contributed by atoms with Crippen molar-refractivity contribution in [2.75, 3.05) is 0 Å². The van der Waals surface area contributed by atoms with Crippen LogP contribution < -0.4 is 5.56 Å². The van der Waals surface area contributed by atoms with Crippen LogP contribution in [0.2, 0.25) is 0 Å². The zero-order chi connectivity index (χ0) is 20.5. The van der Waals surface area contributed by atoms with Gasteiger partial charge in [0.2, 0.25) is 0 Å². The number of rotatable bonds is 3. The first-order valence-corrected chi connectivity index (χ1v) is 12.0. The molecule has 7 heteroatoms. The van der Waals surface area contributed by atoms with Crippen LogP contribution in [0.3, 0.4) is 0 Å². The van der Waals surface area contributed by atoms with Crippen LogP contribution in [0.4, 0.5) is 0 Å². The first kappa shape index (κ1) is 21.0. The lowest BCUT2D eigenvalue weighted by molar-refractivity contribution is 0.938. The van der Waals surface area contributed by atoms with Gasteiger partial charge in [-0.3, -0.25) is 9.36 Å². The van der Waals surface area contributed by atoms with Crippen molar-refractivity contribution >= 4 is 93.4 Å². The second-order valence-corrected chi connectivity index (χ2v) is 10.2. The summed E-state index contributed by atoms with van der Waals surface area (Å²) in [4.78, 5) is 18.2. The lowest BCUT2D eigenvalue weighted by Crippen LogP contribution is -2.22. The van der Waals surface area contributed by atoms with E-state index in [1.807, 2.05) is 72.8 Å². The van der Waals surface area contributed by atoms with Crippen LogP contribution in [-0.4, -0.2) is 9.55 Å². The molecule has 0 aliphatic carbocycles. The van der Waals surface area contributed by atoms with Gasteiger partial charge in [-0.1, -0.05) is 50.1 Å². The topological polar surface area (TPSA) is 34.9 Å². The van der Waals surface area contributed by atoms with Gasteiger partial charge in [-0.05, 0) is 98.7 Å². The van der Waals surface area contributed by atoms with Crippen molar-refractivity contribution in [3.05, 3.63) is 99.4 Å². The van der Waals surface area contributed by atoms with Gasteiger partial charge in [0.05, 0.1) is 16.6 Å². The minimum absolute atomic E-state index is 0.109. The number of hydrogen-bond acceptors (Lipinski definition) is 2. The van der Waals surface area contributed by atoms with Crippen molar-refractivity contribution < 1.29 is 0 Å². The average Bonchev–Trinajstić information content (AvgIpc) is 2.70. The summed E-state index contributed by atoms with van der Waals surface area (Å²) in [6.45, 7) is 0.